The van der Waals surface area contributed by atoms with Crippen LogP contribution in [0, 0.1) is 5.92 Å². The van der Waals surface area contributed by atoms with Crippen LogP contribution in [-0.4, -0.2) is 96.7 Å². The van der Waals surface area contributed by atoms with Crippen molar-refractivity contribution in [3.05, 3.63) is 0 Å². The van der Waals surface area contributed by atoms with Gasteiger partial charge >= 0.3 is 39.5 Å². The molecule has 17 nitrogen and oxygen atoms in total. The summed E-state index contributed by atoms with van der Waals surface area (Å²) in [5.74, 6) is -1.31. The molecule has 0 saturated carbocycles. The number of esters is 4. The molecule has 0 aliphatic carbocycles. The molecule has 0 heterocycles. The van der Waals surface area contributed by atoms with Gasteiger partial charge in [0.2, 0.25) is 0 Å². The minimum absolute atomic E-state index is 0.108. The minimum Gasteiger partial charge on any atom is -0.462 e. The fraction of sp³-hybridized carbons (Fsp3) is 0.956. The van der Waals surface area contributed by atoms with Crippen molar-refractivity contribution >= 4 is 39.5 Å². The molecule has 0 aromatic rings. The van der Waals surface area contributed by atoms with E-state index >= 15 is 0 Å². The minimum atomic E-state index is -4.97. The summed E-state index contributed by atoms with van der Waals surface area (Å²) in [6.45, 7) is 7.38. The Morgan fingerprint density at radius 1 is 0.248 bits per heavy atom. The number of aliphatic hydroxyl groups excluding tert-OH is 1. The topological polar surface area (TPSA) is 237 Å². The maximum absolute atomic E-state index is 13.2. The summed E-state index contributed by atoms with van der Waals surface area (Å²) in [5.41, 5.74) is 0. The van der Waals surface area contributed by atoms with Gasteiger partial charge in [-0.3, -0.25) is 37.3 Å². The summed E-state index contributed by atoms with van der Waals surface area (Å²) in [5, 5.41) is 10.7. The zero-order chi connectivity index (χ0) is 79.7. The molecule has 2 unspecified atom stereocenters. The van der Waals surface area contributed by atoms with Crippen LogP contribution in [-0.2, 0) is 65.4 Å². The lowest BCUT2D eigenvalue weighted by atomic mass is 10.0. The zero-order valence-corrected chi connectivity index (χ0v) is 73.5. The van der Waals surface area contributed by atoms with Crippen molar-refractivity contribution in [1.29, 1.82) is 0 Å². The lowest BCUT2D eigenvalue weighted by Crippen LogP contribution is -2.30. The van der Waals surface area contributed by atoms with Gasteiger partial charge in [0.1, 0.15) is 19.3 Å². The van der Waals surface area contributed by atoms with E-state index in [-0.39, 0.29) is 25.7 Å². The molecule has 109 heavy (non-hydrogen) atoms. The number of rotatable bonds is 90. The molecule has 0 spiro atoms. The summed E-state index contributed by atoms with van der Waals surface area (Å²) >= 11 is 0. The molecule has 0 fully saturated rings. The van der Waals surface area contributed by atoms with Crippen LogP contribution in [0.1, 0.15) is 490 Å². The average molecular weight is 1590 g/mol. The number of hydrogen-bond donors (Lipinski definition) is 3. The van der Waals surface area contributed by atoms with E-state index in [0.717, 1.165) is 95.8 Å². The van der Waals surface area contributed by atoms with Crippen molar-refractivity contribution in [3.63, 3.8) is 0 Å². The third-order valence-electron chi connectivity index (χ3n) is 21.3. The molecule has 0 aromatic carbocycles. The van der Waals surface area contributed by atoms with Crippen LogP contribution in [0.5, 0.6) is 0 Å². The number of carbonyl (C=O) groups is 4. The van der Waals surface area contributed by atoms with E-state index < -0.39 is 97.5 Å². The summed E-state index contributed by atoms with van der Waals surface area (Å²) in [6, 6.07) is 0. The van der Waals surface area contributed by atoms with Gasteiger partial charge < -0.3 is 33.8 Å². The van der Waals surface area contributed by atoms with Crippen molar-refractivity contribution < 1.29 is 80.2 Å². The Balaban J connectivity index is 5.18. The molecule has 0 saturated heterocycles. The first-order valence-electron chi connectivity index (χ1n) is 46.6. The highest BCUT2D eigenvalue weighted by Crippen LogP contribution is 2.45. The number of unbranched alkanes of at least 4 members (excludes halogenated alkanes) is 62. The molecule has 0 amide bonds. The monoisotopic (exact) mass is 1590 g/mol. The maximum Gasteiger partial charge on any atom is 0.472 e. The van der Waals surface area contributed by atoms with Crippen molar-refractivity contribution in [1.82, 2.24) is 0 Å². The van der Waals surface area contributed by atoms with Crippen LogP contribution in [0.2, 0.25) is 0 Å². The van der Waals surface area contributed by atoms with E-state index in [1.54, 1.807) is 0 Å². The summed E-state index contributed by atoms with van der Waals surface area (Å²) in [7, 11) is -9.93. The Kier molecular flexibility index (Phi) is 81.1. The van der Waals surface area contributed by atoms with Gasteiger partial charge in [0, 0.05) is 25.7 Å². The molecule has 5 atom stereocenters. The van der Waals surface area contributed by atoms with E-state index in [2.05, 4.69) is 34.6 Å². The molecule has 648 valence electrons. The van der Waals surface area contributed by atoms with E-state index in [9.17, 15) is 43.2 Å². The molecule has 19 heteroatoms. The number of ether oxygens (including phenoxy) is 4. The molecule has 0 rings (SSSR count). The van der Waals surface area contributed by atoms with E-state index in [1.165, 1.54) is 315 Å². The molecule has 0 aliphatic heterocycles. The fourth-order valence-corrected chi connectivity index (χ4v) is 15.8. The average Bonchev–Trinajstić information content (AvgIpc) is 0.897. The highest BCUT2D eigenvalue weighted by molar-refractivity contribution is 7.47. The number of phosphoric ester groups is 2. The van der Waals surface area contributed by atoms with Gasteiger partial charge in [-0.1, -0.05) is 439 Å². The Morgan fingerprint density at radius 3 is 0.624 bits per heavy atom. The zero-order valence-electron chi connectivity index (χ0n) is 71.7. The predicted molar refractivity (Wildman–Crippen MR) is 451 cm³/mol. The van der Waals surface area contributed by atoms with Gasteiger partial charge in [0.25, 0.3) is 0 Å². The van der Waals surface area contributed by atoms with E-state index in [1.807, 2.05) is 0 Å². The SMILES string of the molecule is CCCCCCCCCCCCCCCCCCCCCCCCC(=O)OC[C@H](COP(=O)(O)OC[C@@H](O)COP(=O)(O)OC[C@@H](COC(=O)CCCCCCCCCCC)OC(=O)CCCCCCCCCCCCCCCC(C)C)OC(=O)CCCCCCCCCCCCCCCCCCCCCCCC. The lowest BCUT2D eigenvalue weighted by molar-refractivity contribution is -0.161. The fourth-order valence-electron chi connectivity index (χ4n) is 14.2. The Hall–Kier alpha value is -1.94. The Bertz CT molecular complexity index is 2070. The summed E-state index contributed by atoms with van der Waals surface area (Å²) < 4.78 is 69.0. The van der Waals surface area contributed by atoms with Gasteiger partial charge in [0.15, 0.2) is 12.2 Å². The van der Waals surface area contributed by atoms with Gasteiger partial charge in [-0.05, 0) is 31.6 Å². The number of phosphoric acid groups is 2. The smallest absolute Gasteiger partial charge is 0.462 e. The van der Waals surface area contributed by atoms with Gasteiger partial charge in [-0.15, -0.1) is 0 Å². The molecule has 0 bridgehead atoms. The molecular weight excluding hydrogens is 1410 g/mol. The van der Waals surface area contributed by atoms with Crippen molar-refractivity contribution in [2.75, 3.05) is 39.6 Å². The van der Waals surface area contributed by atoms with Crippen LogP contribution in [0.4, 0.5) is 0 Å². The maximum atomic E-state index is 13.2. The first-order valence-corrected chi connectivity index (χ1v) is 49.6. The molecule has 3 N–H and O–H groups in total. The van der Waals surface area contributed by atoms with Crippen molar-refractivity contribution in [3.8, 4) is 0 Å². The highest BCUT2D eigenvalue weighted by Gasteiger charge is 2.31. The first-order chi connectivity index (χ1) is 53.0. The van der Waals surface area contributed by atoms with Crippen LogP contribution >= 0.6 is 15.6 Å². The Morgan fingerprint density at radius 2 is 0.422 bits per heavy atom. The van der Waals surface area contributed by atoms with Crippen LogP contribution in [0.25, 0.3) is 0 Å². The normalized spacial score (nSPS) is 13.7. The predicted octanol–water partition coefficient (Wildman–Crippen LogP) is 27.9. The van der Waals surface area contributed by atoms with Crippen molar-refractivity contribution in [2.24, 2.45) is 5.92 Å². The van der Waals surface area contributed by atoms with E-state index in [0.29, 0.717) is 25.7 Å². The second kappa shape index (κ2) is 82.6. The van der Waals surface area contributed by atoms with Crippen LogP contribution < -0.4 is 0 Å². The number of hydrogen-bond acceptors (Lipinski definition) is 15. The largest absolute Gasteiger partial charge is 0.472 e. The van der Waals surface area contributed by atoms with Gasteiger partial charge in [0.05, 0.1) is 26.4 Å². The second-order valence-electron chi connectivity index (χ2n) is 32.8. The highest BCUT2D eigenvalue weighted by atomic mass is 31.2. The van der Waals surface area contributed by atoms with Crippen LogP contribution in [0.15, 0.2) is 0 Å². The second-order valence-corrected chi connectivity index (χ2v) is 35.7. The lowest BCUT2D eigenvalue weighted by Gasteiger charge is -2.21. The number of aliphatic hydroxyl groups is 1. The third-order valence-corrected chi connectivity index (χ3v) is 23.2. The van der Waals surface area contributed by atoms with E-state index in [4.69, 9.17) is 37.0 Å². The molecular formula is C90H176O17P2. The quantitative estimate of drug-likeness (QED) is 0.0222. The molecule has 0 aromatic heterocycles. The van der Waals surface area contributed by atoms with Crippen molar-refractivity contribution in [2.45, 2.75) is 509 Å². The Labute approximate surface area is 670 Å². The van der Waals surface area contributed by atoms with Crippen LogP contribution in [0.3, 0.4) is 0 Å². The standard InChI is InChI=1S/C90H176O17P2/c1-6-9-12-15-18-21-23-25-27-29-31-33-35-37-39-41-45-49-54-59-64-69-74-88(93)101-80-86(107-89(94)75-70-65-60-55-50-46-42-40-38-36-34-32-30-28-26-24-22-19-16-13-10-7-2)82-105-109(98,99)103-78-84(91)77-102-108(96,97)104-81-85(79-100-87(92)73-68-63-58-52-20-17-14-11-8-3)106-90(95)76-71-66-61-56-51-47-43-44-48-53-57-62-67-72-83(4)5/h83-86,91H,6-82H2,1-5H3,(H,96,97)(H,98,99)/t84-,85+,86+/m0/s1. The summed E-state index contributed by atoms with van der Waals surface area (Å²) in [4.78, 5) is 73.3. The van der Waals surface area contributed by atoms with Gasteiger partial charge in [-0.25, -0.2) is 9.13 Å². The first kappa shape index (κ1) is 107. The summed E-state index contributed by atoms with van der Waals surface area (Å²) in [6.07, 6.45) is 78.1. The molecule has 0 aliphatic rings. The number of carbonyl (C=O) groups excluding carboxylic acids is 4. The molecule has 0 radical (unpaired) electrons. The van der Waals surface area contributed by atoms with Gasteiger partial charge in [-0.2, -0.15) is 0 Å². The third kappa shape index (κ3) is 83.8.